The number of hydrogen-bond acceptors (Lipinski definition) is 4. The lowest BCUT2D eigenvalue weighted by Gasteiger charge is -2.05. The summed E-state index contributed by atoms with van der Waals surface area (Å²) in [5, 5.41) is 13.5. The van der Waals surface area contributed by atoms with Gasteiger partial charge in [-0.2, -0.15) is 5.10 Å². The molecule has 0 aliphatic rings. The molecular weight excluding hydrogens is 270 g/mol. The first-order valence-electron chi connectivity index (χ1n) is 6.38. The van der Waals surface area contributed by atoms with Crippen LogP contribution in [0.3, 0.4) is 0 Å². The molecule has 0 spiro atoms. The van der Waals surface area contributed by atoms with Crippen LogP contribution in [-0.2, 0) is 6.42 Å². The maximum Gasteiger partial charge on any atom is 0.339 e. The maximum absolute atomic E-state index is 11.2. The van der Waals surface area contributed by atoms with Crippen molar-refractivity contribution in [3.8, 4) is 5.75 Å². The molecule has 1 aromatic carbocycles. The number of carboxylic acid groups (broad SMARTS) is 1. The Morgan fingerprint density at radius 2 is 2.10 bits per heavy atom. The summed E-state index contributed by atoms with van der Waals surface area (Å²) in [4.78, 5) is 15.5. The average molecular weight is 283 g/mol. The van der Waals surface area contributed by atoms with E-state index in [9.17, 15) is 4.79 Å². The molecule has 2 heterocycles. The molecule has 106 valence electrons. The van der Waals surface area contributed by atoms with Crippen LogP contribution in [0.5, 0.6) is 5.75 Å². The Kier molecular flexibility index (Phi) is 3.27. The van der Waals surface area contributed by atoms with Crippen molar-refractivity contribution in [2.75, 3.05) is 7.11 Å². The van der Waals surface area contributed by atoms with Crippen LogP contribution in [0.2, 0.25) is 0 Å². The number of para-hydroxylation sites is 1. The van der Waals surface area contributed by atoms with Gasteiger partial charge in [0.25, 0.3) is 0 Å². The number of carbonyl (C=O) groups is 1. The molecule has 0 bridgehead atoms. The number of ether oxygens (including phenoxy) is 1. The predicted octanol–water partition coefficient (Wildman–Crippen LogP) is 2.03. The number of hydrogen-bond donors (Lipinski definition) is 1. The van der Waals surface area contributed by atoms with Crippen LogP contribution < -0.4 is 4.74 Å². The topological polar surface area (TPSA) is 76.7 Å². The van der Waals surface area contributed by atoms with Crippen molar-refractivity contribution in [3.05, 3.63) is 59.5 Å². The average Bonchev–Trinajstić information content (AvgIpc) is 2.89. The minimum absolute atomic E-state index is 0.135. The van der Waals surface area contributed by atoms with E-state index in [0.717, 1.165) is 11.3 Å². The highest BCUT2D eigenvalue weighted by atomic mass is 16.5. The van der Waals surface area contributed by atoms with E-state index >= 15 is 0 Å². The predicted molar refractivity (Wildman–Crippen MR) is 75.7 cm³/mol. The van der Waals surface area contributed by atoms with E-state index in [1.165, 1.54) is 10.6 Å². The Labute approximate surface area is 120 Å². The molecule has 21 heavy (non-hydrogen) atoms. The molecule has 0 aliphatic heterocycles. The molecular formula is C15H13N3O3. The normalized spacial score (nSPS) is 10.7. The van der Waals surface area contributed by atoms with Gasteiger partial charge in [-0.05, 0) is 18.2 Å². The summed E-state index contributed by atoms with van der Waals surface area (Å²) >= 11 is 0. The van der Waals surface area contributed by atoms with E-state index in [1.807, 2.05) is 24.3 Å². The Balaban J connectivity index is 2.02. The van der Waals surface area contributed by atoms with E-state index < -0.39 is 5.97 Å². The van der Waals surface area contributed by atoms with Crippen LogP contribution >= 0.6 is 0 Å². The van der Waals surface area contributed by atoms with Crippen molar-refractivity contribution in [2.24, 2.45) is 0 Å². The largest absolute Gasteiger partial charge is 0.496 e. The molecule has 2 aromatic heterocycles. The summed E-state index contributed by atoms with van der Waals surface area (Å²) < 4.78 is 6.78. The third-order valence-corrected chi connectivity index (χ3v) is 3.18. The second-order valence-electron chi connectivity index (χ2n) is 4.51. The van der Waals surface area contributed by atoms with Gasteiger partial charge in [-0.1, -0.05) is 18.2 Å². The third kappa shape index (κ3) is 2.43. The molecule has 0 saturated carbocycles. The first kappa shape index (κ1) is 13.1. The maximum atomic E-state index is 11.2. The smallest absolute Gasteiger partial charge is 0.339 e. The molecule has 0 aliphatic carbocycles. The minimum Gasteiger partial charge on any atom is -0.496 e. The van der Waals surface area contributed by atoms with E-state index in [1.54, 1.807) is 19.4 Å². The van der Waals surface area contributed by atoms with Gasteiger partial charge in [-0.3, -0.25) is 0 Å². The molecule has 6 nitrogen and oxygen atoms in total. The van der Waals surface area contributed by atoms with Gasteiger partial charge in [0.05, 0.1) is 7.11 Å². The molecule has 3 rings (SSSR count). The zero-order chi connectivity index (χ0) is 14.8. The van der Waals surface area contributed by atoms with Crippen LogP contribution in [0.4, 0.5) is 0 Å². The number of aromatic carboxylic acids is 1. The van der Waals surface area contributed by atoms with E-state index in [-0.39, 0.29) is 5.56 Å². The first-order valence-corrected chi connectivity index (χ1v) is 6.38. The van der Waals surface area contributed by atoms with Crippen LogP contribution in [-0.4, -0.2) is 32.8 Å². The lowest BCUT2D eigenvalue weighted by atomic mass is 10.1. The van der Waals surface area contributed by atoms with Gasteiger partial charge in [-0.25, -0.2) is 14.3 Å². The number of carboxylic acids is 1. The first-order chi connectivity index (χ1) is 10.2. The minimum atomic E-state index is -1.02. The standard InChI is InChI=1S/C15H13N3O3/c1-21-12-7-3-2-5-10(12)9-13-16-14-11(15(19)20)6-4-8-18(14)17-13/h2-8H,9H2,1H3,(H,19,20). The second kappa shape index (κ2) is 5.24. The number of fused-ring (bicyclic) bond motifs is 1. The Morgan fingerprint density at radius 1 is 1.29 bits per heavy atom. The second-order valence-corrected chi connectivity index (χ2v) is 4.51. The molecule has 0 radical (unpaired) electrons. The van der Waals surface area contributed by atoms with Crippen molar-refractivity contribution in [1.29, 1.82) is 0 Å². The van der Waals surface area contributed by atoms with Gasteiger partial charge in [0, 0.05) is 18.2 Å². The van der Waals surface area contributed by atoms with Crippen LogP contribution in [0.15, 0.2) is 42.6 Å². The Hall–Kier alpha value is -2.89. The van der Waals surface area contributed by atoms with Crippen molar-refractivity contribution >= 4 is 11.6 Å². The van der Waals surface area contributed by atoms with E-state index in [0.29, 0.717) is 17.9 Å². The molecule has 0 saturated heterocycles. The summed E-state index contributed by atoms with van der Waals surface area (Å²) in [5.41, 5.74) is 1.43. The van der Waals surface area contributed by atoms with Gasteiger partial charge in [-0.15, -0.1) is 0 Å². The number of pyridine rings is 1. The van der Waals surface area contributed by atoms with Gasteiger partial charge in [0.1, 0.15) is 11.3 Å². The van der Waals surface area contributed by atoms with Crippen LogP contribution in [0.25, 0.3) is 5.65 Å². The zero-order valence-corrected chi connectivity index (χ0v) is 11.4. The summed E-state index contributed by atoms with van der Waals surface area (Å²) in [6, 6.07) is 10.8. The highest BCUT2D eigenvalue weighted by Crippen LogP contribution is 2.20. The van der Waals surface area contributed by atoms with Crippen LogP contribution in [0.1, 0.15) is 21.7 Å². The van der Waals surface area contributed by atoms with Gasteiger partial charge in [0.15, 0.2) is 11.5 Å². The van der Waals surface area contributed by atoms with E-state index in [2.05, 4.69) is 10.1 Å². The number of benzene rings is 1. The number of aromatic nitrogens is 3. The molecule has 0 atom stereocenters. The summed E-state index contributed by atoms with van der Waals surface area (Å²) in [6.07, 6.45) is 2.16. The summed E-state index contributed by atoms with van der Waals surface area (Å²) in [5.74, 6) is 0.292. The monoisotopic (exact) mass is 283 g/mol. The quantitative estimate of drug-likeness (QED) is 0.792. The highest BCUT2D eigenvalue weighted by Gasteiger charge is 2.14. The number of rotatable bonds is 4. The number of nitrogens with zero attached hydrogens (tertiary/aromatic N) is 3. The van der Waals surface area contributed by atoms with Gasteiger partial charge in [0.2, 0.25) is 0 Å². The SMILES string of the molecule is COc1ccccc1Cc1nc2c(C(=O)O)cccn2n1. The summed E-state index contributed by atoms with van der Waals surface area (Å²) in [7, 11) is 1.61. The Bertz CT molecular complexity index is 811. The third-order valence-electron chi connectivity index (χ3n) is 3.18. The molecule has 6 heteroatoms. The van der Waals surface area contributed by atoms with Gasteiger partial charge >= 0.3 is 5.97 Å². The molecule has 0 amide bonds. The van der Waals surface area contributed by atoms with Gasteiger partial charge < -0.3 is 9.84 Å². The van der Waals surface area contributed by atoms with Crippen LogP contribution in [0, 0.1) is 0 Å². The van der Waals surface area contributed by atoms with Crippen molar-refractivity contribution < 1.29 is 14.6 Å². The lowest BCUT2D eigenvalue weighted by Crippen LogP contribution is -2.00. The van der Waals surface area contributed by atoms with E-state index in [4.69, 9.17) is 9.84 Å². The van der Waals surface area contributed by atoms with Crippen molar-refractivity contribution in [1.82, 2.24) is 14.6 Å². The van der Waals surface area contributed by atoms with Crippen molar-refractivity contribution in [2.45, 2.75) is 6.42 Å². The lowest BCUT2D eigenvalue weighted by molar-refractivity contribution is 0.0698. The molecule has 0 fully saturated rings. The Morgan fingerprint density at radius 3 is 2.86 bits per heavy atom. The fourth-order valence-corrected chi connectivity index (χ4v) is 2.21. The number of methoxy groups -OCH3 is 1. The fourth-order valence-electron chi connectivity index (χ4n) is 2.21. The molecule has 3 aromatic rings. The molecule has 0 unspecified atom stereocenters. The summed E-state index contributed by atoms with van der Waals surface area (Å²) in [6.45, 7) is 0. The zero-order valence-electron chi connectivity index (χ0n) is 11.4. The molecule has 1 N–H and O–H groups in total. The van der Waals surface area contributed by atoms with Crippen molar-refractivity contribution in [3.63, 3.8) is 0 Å². The highest BCUT2D eigenvalue weighted by molar-refractivity contribution is 5.94. The fraction of sp³-hybridized carbons (Fsp3) is 0.133.